The van der Waals surface area contributed by atoms with Crippen molar-refractivity contribution in [3.8, 4) is 5.75 Å². The molecule has 0 saturated carbocycles. The molecule has 0 saturated heterocycles. The number of urea groups is 1. The molecule has 0 aliphatic carbocycles. The van der Waals surface area contributed by atoms with Gasteiger partial charge in [-0.25, -0.2) is 10.2 Å². The third-order valence-corrected chi connectivity index (χ3v) is 1.69. The fraction of sp³-hybridized carbons (Fsp3) is 0.333. The Labute approximate surface area is 101 Å². The van der Waals surface area contributed by atoms with Crippen LogP contribution in [0.5, 0.6) is 5.75 Å². The highest BCUT2D eigenvalue weighted by molar-refractivity contribution is 5.81. The van der Waals surface area contributed by atoms with Crippen LogP contribution in [0, 0.1) is 0 Å². The van der Waals surface area contributed by atoms with Gasteiger partial charge in [-0.15, -0.1) is 0 Å². The third kappa shape index (κ3) is 5.55. The third-order valence-electron chi connectivity index (χ3n) is 1.69. The molecule has 0 radical (unpaired) electrons. The van der Waals surface area contributed by atoms with Gasteiger partial charge < -0.3 is 10.5 Å². The summed E-state index contributed by atoms with van der Waals surface area (Å²) in [6.07, 6.45) is 1.51. The minimum Gasteiger partial charge on any atom is -0.488 e. The lowest BCUT2D eigenvalue weighted by atomic mass is 10.2. The van der Waals surface area contributed by atoms with Crippen LogP contribution in [0.15, 0.2) is 29.4 Å². The fourth-order valence-corrected chi connectivity index (χ4v) is 1.15. The van der Waals surface area contributed by atoms with Crippen LogP contribution in [0.2, 0.25) is 0 Å². The first-order valence-electron chi connectivity index (χ1n) is 5.24. The van der Waals surface area contributed by atoms with Crippen LogP contribution in [-0.2, 0) is 0 Å². The molecule has 0 aliphatic heterocycles. The molecule has 17 heavy (non-hydrogen) atoms. The molecule has 5 nitrogen and oxygen atoms in total. The van der Waals surface area contributed by atoms with Gasteiger partial charge in [0.25, 0.3) is 0 Å². The van der Waals surface area contributed by atoms with Gasteiger partial charge in [0.15, 0.2) is 0 Å². The van der Waals surface area contributed by atoms with Crippen LogP contribution >= 0.6 is 0 Å². The van der Waals surface area contributed by atoms with Gasteiger partial charge in [-0.05, 0) is 50.6 Å². The van der Waals surface area contributed by atoms with Crippen molar-refractivity contribution in [2.24, 2.45) is 10.8 Å². The topological polar surface area (TPSA) is 76.7 Å². The highest BCUT2D eigenvalue weighted by Crippen LogP contribution is 2.17. The molecule has 0 bridgehead atoms. The van der Waals surface area contributed by atoms with Crippen molar-refractivity contribution in [1.29, 1.82) is 0 Å². The largest absolute Gasteiger partial charge is 0.488 e. The van der Waals surface area contributed by atoms with Crippen LogP contribution in [0.4, 0.5) is 4.79 Å². The SMILES string of the molecule is CC(C)(C)Oc1ccc(/C=N\NC(N)=O)cc1. The Morgan fingerprint density at radius 3 is 2.41 bits per heavy atom. The van der Waals surface area contributed by atoms with Gasteiger partial charge in [0.05, 0.1) is 6.21 Å². The standard InChI is InChI=1S/C12H17N3O2/c1-12(2,3)17-10-6-4-9(5-7-10)8-14-15-11(13)16/h4-8H,1-3H3,(H3,13,15,16)/b14-8-. The van der Waals surface area contributed by atoms with E-state index in [1.165, 1.54) is 6.21 Å². The monoisotopic (exact) mass is 235 g/mol. The van der Waals surface area contributed by atoms with E-state index in [2.05, 4.69) is 10.5 Å². The highest BCUT2D eigenvalue weighted by atomic mass is 16.5. The lowest BCUT2D eigenvalue weighted by molar-refractivity contribution is 0.131. The average molecular weight is 235 g/mol. The van der Waals surface area contributed by atoms with Gasteiger partial charge in [0.2, 0.25) is 0 Å². The second-order valence-corrected chi connectivity index (χ2v) is 4.52. The molecular formula is C12H17N3O2. The normalized spacial score (nSPS) is 11.5. The van der Waals surface area contributed by atoms with Gasteiger partial charge in [-0.1, -0.05) is 0 Å². The number of hydrogen-bond acceptors (Lipinski definition) is 3. The Kier molecular flexibility index (Phi) is 4.09. The van der Waals surface area contributed by atoms with Gasteiger partial charge in [0.1, 0.15) is 11.4 Å². The molecule has 0 aliphatic rings. The van der Waals surface area contributed by atoms with Gasteiger partial charge in [-0.2, -0.15) is 5.10 Å². The highest BCUT2D eigenvalue weighted by Gasteiger charge is 2.10. The van der Waals surface area contributed by atoms with E-state index in [4.69, 9.17) is 10.5 Å². The molecule has 1 aromatic carbocycles. The van der Waals surface area contributed by atoms with E-state index >= 15 is 0 Å². The second-order valence-electron chi connectivity index (χ2n) is 4.52. The Hall–Kier alpha value is -2.04. The van der Waals surface area contributed by atoms with E-state index in [-0.39, 0.29) is 5.60 Å². The summed E-state index contributed by atoms with van der Waals surface area (Å²) in [6, 6.07) is 6.68. The predicted molar refractivity (Wildman–Crippen MR) is 67.1 cm³/mol. The van der Waals surface area contributed by atoms with Crippen molar-refractivity contribution in [3.63, 3.8) is 0 Å². The van der Waals surface area contributed by atoms with Crippen molar-refractivity contribution in [2.45, 2.75) is 26.4 Å². The molecule has 0 heterocycles. The minimum absolute atomic E-state index is 0.219. The lowest BCUT2D eigenvalue weighted by Crippen LogP contribution is -2.24. The van der Waals surface area contributed by atoms with Crippen LogP contribution < -0.4 is 15.9 Å². The summed E-state index contributed by atoms with van der Waals surface area (Å²) < 4.78 is 5.67. The van der Waals surface area contributed by atoms with Crippen molar-refractivity contribution in [2.75, 3.05) is 0 Å². The molecule has 0 aromatic heterocycles. The van der Waals surface area contributed by atoms with E-state index in [0.717, 1.165) is 11.3 Å². The summed E-state index contributed by atoms with van der Waals surface area (Å²) in [5, 5.41) is 3.66. The molecule has 1 rings (SSSR count). The minimum atomic E-state index is -0.686. The first-order valence-corrected chi connectivity index (χ1v) is 5.24. The summed E-state index contributed by atoms with van der Waals surface area (Å²) in [7, 11) is 0. The van der Waals surface area contributed by atoms with E-state index in [1.54, 1.807) is 0 Å². The number of nitrogens with zero attached hydrogens (tertiary/aromatic N) is 1. The number of ether oxygens (including phenoxy) is 1. The quantitative estimate of drug-likeness (QED) is 0.619. The number of primary amides is 1. The maximum Gasteiger partial charge on any atom is 0.332 e. The van der Waals surface area contributed by atoms with Crippen molar-refractivity contribution in [1.82, 2.24) is 5.43 Å². The molecule has 3 N–H and O–H groups in total. The summed E-state index contributed by atoms with van der Waals surface area (Å²) in [5.74, 6) is 0.789. The Bertz CT molecular complexity index is 405. The van der Waals surface area contributed by atoms with Crippen molar-refractivity contribution < 1.29 is 9.53 Å². The maximum atomic E-state index is 10.4. The van der Waals surface area contributed by atoms with Crippen LogP contribution in [0.1, 0.15) is 26.3 Å². The number of nitrogens with two attached hydrogens (primary N) is 1. The van der Waals surface area contributed by atoms with Gasteiger partial charge >= 0.3 is 6.03 Å². The van der Waals surface area contributed by atoms with E-state index in [9.17, 15) is 4.79 Å². The smallest absolute Gasteiger partial charge is 0.332 e. The van der Waals surface area contributed by atoms with Crippen molar-refractivity contribution >= 4 is 12.2 Å². The van der Waals surface area contributed by atoms with Crippen molar-refractivity contribution in [3.05, 3.63) is 29.8 Å². The summed E-state index contributed by atoms with van der Waals surface area (Å²) >= 11 is 0. The number of hydrazone groups is 1. The lowest BCUT2D eigenvalue weighted by Gasteiger charge is -2.21. The summed E-state index contributed by atoms with van der Waals surface area (Å²) in [4.78, 5) is 10.4. The maximum absolute atomic E-state index is 10.4. The summed E-state index contributed by atoms with van der Waals surface area (Å²) in [6.45, 7) is 5.96. The number of benzene rings is 1. The second kappa shape index (κ2) is 5.34. The predicted octanol–water partition coefficient (Wildman–Crippen LogP) is 1.87. The molecule has 0 spiro atoms. The zero-order valence-electron chi connectivity index (χ0n) is 10.2. The molecule has 0 fully saturated rings. The number of carbonyl (C=O) groups excluding carboxylic acids is 1. The fourth-order valence-electron chi connectivity index (χ4n) is 1.15. The Morgan fingerprint density at radius 2 is 1.94 bits per heavy atom. The van der Waals surface area contributed by atoms with Crippen LogP contribution in [-0.4, -0.2) is 17.8 Å². The van der Waals surface area contributed by atoms with Gasteiger partial charge in [-0.3, -0.25) is 0 Å². The number of nitrogens with one attached hydrogen (secondary N) is 1. The molecule has 0 unspecified atom stereocenters. The zero-order chi connectivity index (χ0) is 12.9. The van der Waals surface area contributed by atoms with E-state index in [1.807, 2.05) is 45.0 Å². The van der Waals surface area contributed by atoms with E-state index in [0.29, 0.717) is 0 Å². The first-order chi connectivity index (χ1) is 7.87. The van der Waals surface area contributed by atoms with Gasteiger partial charge in [0, 0.05) is 0 Å². The summed E-state index contributed by atoms with van der Waals surface area (Å²) in [5.41, 5.74) is 7.62. The zero-order valence-corrected chi connectivity index (χ0v) is 10.2. The molecule has 1 aromatic rings. The van der Waals surface area contributed by atoms with Crippen LogP contribution in [0.3, 0.4) is 0 Å². The molecule has 92 valence electrons. The average Bonchev–Trinajstić information content (AvgIpc) is 2.18. The van der Waals surface area contributed by atoms with E-state index < -0.39 is 6.03 Å². The molecular weight excluding hydrogens is 218 g/mol. The Balaban J connectivity index is 2.62. The number of rotatable bonds is 3. The molecule has 5 heteroatoms. The first kappa shape index (κ1) is 13.0. The van der Waals surface area contributed by atoms with Crippen LogP contribution in [0.25, 0.3) is 0 Å². The molecule has 2 amide bonds. The molecule has 0 atom stereocenters. The number of carbonyl (C=O) groups is 1. The number of amides is 2. The Morgan fingerprint density at radius 1 is 1.35 bits per heavy atom. The number of hydrogen-bond donors (Lipinski definition) is 2.